The summed E-state index contributed by atoms with van der Waals surface area (Å²) >= 11 is 0. The van der Waals surface area contributed by atoms with Gasteiger partial charge in [0.05, 0.1) is 11.5 Å². The van der Waals surface area contributed by atoms with Crippen LogP contribution in [0.25, 0.3) is 6.08 Å². The number of rotatable bonds is 6. The van der Waals surface area contributed by atoms with E-state index in [0.29, 0.717) is 17.9 Å². The number of allylic oxidation sites excluding steroid dienone is 1. The average Bonchev–Trinajstić information content (AvgIpc) is 2.38. The molecule has 0 saturated carbocycles. The van der Waals surface area contributed by atoms with Crippen LogP contribution in [0.1, 0.15) is 19.4 Å². The summed E-state index contributed by atoms with van der Waals surface area (Å²) < 4.78 is 9.92. The van der Waals surface area contributed by atoms with Crippen LogP contribution in [0.4, 0.5) is 0 Å². The molecule has 0 radical (unpaired) electrons. The minimum absolute atomic E-state index is 0.0557. The van der Waals surface area contributed by atoms with Crippen LogP contribution in [0, 0.1) is 10.1 Å². The summed E-state index contributed by atoms with van der Waals surface area (Å²) in [5.74, 6) is 0.0691. The van der Waals surface area contributed by atoms with Crippen LogP contribution in [0.2, 0.25) is 0 Å². The van der Waals surface area contributed by atoms with Gasteiger partial charge in [-0.3, -0.25) is 10.1 Å². The zero-order valence-electron chi connectivity index (χ0n) is 10.8. The Hall–Kier alpha value is -2.37. The second-order valence-electron chi connectivity index (χ2n) is 3.71. The topological polar surface area (TPSA) is 78.7 Å². The molecule has 0 aromatic heterocycles. The van der Waals surface area contributed by atoms with E-state index in [1.807, 2.05) is 0 Å². The molecule has 6 heteroatoms. The van der Waals surface area contributed by atoms with E-state index in [-0.39, 0.29) is 12.3 Å². The number of esters is 1. The SMILES string of the molecule is CCOC(=O)COc1ccc(C=C(C)[N+](=O)[O-])cc1. The summed E-state index contributed by atoms with van der Waals surface area (Å²) in [6.07, 6.45) is 1.45. The average molecular weight is 265 g/mol. The Morgan fingerprint density at radius 2 is 2.00 bits per heavy atom. The smallest absolute Gasteiger partial charge is 0.344 e. The van der Waals surface area contributed by atoms with Crippen molar-refractivity contribution in [2.75, 3.05) is 13.2 Å². The van der Waals surface area contributed by atoms with E-state index in [2.05, 4.69) is 0 Å². The zero-order chi connectivity index (χ0) is 14.3. The van der Waals surface area contributed by atoms with Crippen LogP contribution >= 0.6 is 0 Å². The summed E-state index contributed by atoms with van der Waals surface area (Å²) in [4.78, 5) is 21.1. The number of hydrogen-bond donors (Lipinski definition) is 0. The van der Waals surface area contributed by atoms with Crippen molar-refractivity contribution in [1.82, 2.24) is 0 Å². The number of carbonyl (C=O) groups excluding carboxylic acids is 1. The van der Waals surface area contributed by atoms with Gasteiger partial charge < -0.3 is 9.47 Å². The van der Waals surface area contributed by atoms with Crippen LogP contribution in [0.3, 0.4) is 0 Å². The molecule has 1 aromatic rings. The van der Waals surface area contributed by atoms with Crippen LogP contribution < -0.4 is 4.74 Å². The molecule has 0 spiro atoms. The maximum Gasteiger partial charge on any atom is 0.344 e. The van der Waals surface area contributed by atoms with E-state index >= 15 is 0 Å². The Kier molecular flexibility index (Phi) is 5.53. The highest BCUT2D eigenvalue weighted by molar-refractivity contribution is 5.71. The standard InChI is InChI=1S/C13H15NO5/c1-3-18-13(15)9-19-12-6-4-11(5-7-12)8-10(2)14(16)17/h4-8H,3,9H2,1-2H3. The van der Waals surface area contributed by atoms with Gasteiger partial charge in [-0.05, 0) is 24.6 Å². The molecular weight excluding hydrogens is 250 g/mol. The van der Waals surface area contributed by atoms with Gasteiger partial charge in [0.15, 0.2) is 6.61 Å². The van der Waals surface area contributed by atoms with E-state index in [9.17, 15) is 14.9 Å². The second-order valence-corrected chi connectivity index (χ2v) is 3.71. The summed E-state index contributed by atoms with van der Waals surface area (Å²) in [6.45, 7) is 3.30. The first kappa shape index (κ1) is 14.7. The summed E-state index contributed by atoms with van der Waals surface area (Å²) in [5.41, 5.74) is 0.748. The van der Waals surface area contributed by atoms with Gasteiger partial charge in [0.2, 0.25) is 5.70 Å². The normalized spacial score (nSPS) is 10.9. The number of ether oxygens (including phenoxy) is 2. The second kappa shape index (κ2) is 7.15. The predicted octanol–water partition coefficient (Wildman–Crippen LogP) is 2.27. The highest BCUT2D eigenvalue weighted by Crippen LogP contribution is 2.14. The van der Waals surface area contributed by atoms with Crippen molar-refractivity contribution in [2.45, 2.75) is 13.8 Å². The van der Waals surface area contributed by atoms with Crippen molar-refractivity contribution in [3.63, 3.8) is 0 Å². The number of carbonyl (C=O) groups is 1. The number of nitrogens with zero attached hydrogens (tertiary/aromatic N) is 1. The number of nitro groups is 1. The van der Waals surface area contributed by atoms with Crippen LogP contribution in [0.5, 0.6) is 5.75 Å². The molecule has 0 aliphatic carbocycles. The molecule has 102 valence electrons. The molecule has 0 aliphatic heterocycles. The number of benzene rings is 1. The van der Waals surface area contributed by atoms with Crippen LogP contribution in [-0.2, 0) is 9.53 Å². The maximum atomic E-state index is 11.1. The molecule has 19 heavy (non-hydrogen) atoms. The first-order chi connectivity index (χ1) is 9.02. The van der Waals surface area contributed by atoms with Crippen LogP contribution in [-0.4, -0.2) is 24.1 Å². The van der Waals surface area contributed by atoms with Crippen molar-refractivity contribution < 1.29 is 19.2 Å². The minimum Gasteiger partial charge on any atom is -0.482 e. The number of hydrogen-bond acceptors (Lipinski definition) is 5. The third-order valence-corrected chi connectivity index (χ3v) is 2.21. The summed E-state index contributed by atoms with van der Waals surface area (Å²) in [7, 11) is 0. The fraction of sp³-hybridized carbons (Fsp3) is 0.308. The third kappa shape index (κ3) is 5.20. The van der Waals surface area contributed by atoms with Gasteiger partial charge in [0.25, 0.3) is 0 Å². The summed E-state index contributed by atoms with van der Waals surface area (Å²) in [6, 6.07) is 6.62. The molecule has 0 amide bonds. The molecule has 0 saturated heterocycles. The molecule has 0 unspecified atom stereocenters. The maximum absolute atomic E-state index is 11.1. The Balaban J connectivity index is 2.59. The van der Waals surface area contributed by atoms with Crippen molar-refractivity contribution in [3.8, 4) is 5.75 Å². The van der Waals surface area contributed by atoms with Crippen molar-refractivity contribution in [1.29, 1.82) is 0 Å². The van der Waals surface area contributed by atoms with E-state index < -0.39 is 10.9 Å². The van der Waals surface area contributed by atoms with Gasteiger partial charge in [-0.1, -0.05) is 12.1 Å². The van der Waals surface area contributed by atoms with Crippen molar-refractivity contribution in [3.05, 3.63) is 45.6 Å². The predicted molar refractivity (Wildman–Crippen MR) is 69.2 cm³/mol. The fourth-order valence-electron chi connectivity index (χ4n) is 1.30. The van der Waals surface area contributed by atoms with E-state index in [4.69, 9.17) is 9.47 Å². The molecule has 0 aliphatic rings. The molecule has 0 fully saturated rings. The quantitative estimate of drug-likeness (QED) is 0.448. The first-order valence-electron chi connectivity index (χ1n) is 5.74. The Bertz CT molecular complexity index is 478. The highest BCUT2D eigenvalue weighted by atomic mass is 16.6. The fourth-order valence-corrected chi connectivity index (χ4v) is 1.30. The molecule has 1 aromatic carbocycles. The van der Waals surface area contributed by atoms with Gasteiger partial charge in [-0.2, -0.15) is 0 Å². The first-order valence-corrected chi connectivity index (χ1v) is 5.74. The van der Waals surface area contributed by atoms with Gasteiger partial charge in [0, 0.05) is 13.0 Å². The summed E-state index contributed by atoms with van der Waals surface area (Å²) in [5, 5.41) is 10.5. The van der Waals surface area contributed by atoms with Crippen molar-refractivity contribution >= 4 is 12.0 Å². The van der Waals surface area contributed by atoms with Gasteiger partial charge in [-0.15, -0.1) is 0 Å². The lowest BCUT2D eigenvalue weighted by Crippen LogP contribution is -2.14. The zero-order valence-corrected chi connectivity index (χ0v) is 10.8. The van der Waals surface area contributed by atoms with E-state index in [0.717, 1.165) is 0 Å². The molecular formula is C13H15NO5. The molecule has 0 atom stereocenters. The Morgan fingerprint density at radius 3 is 2.53 bits per heavy atom. The van der Waals surface area contributed by atoms with E-state index in [1.165, 1.54) is 13.0 Å². The Labute approximate surface area is 110 Å². The minimum atomic E-state index is -0.453. The largest absolute Gasteiger partial charge is 0.482 e. The lowest BCUT2D eigenvalue weighted by Gasteiger charge is -2.05. The molecule has 6 nitrogen and oxygen atoms in total. The van der Waals surface area contributed by atoms with Crippen LogP contribution in [0.15, 0.2) is 30.0 Å². The van der Waals surface area contributed by atoms with Gasteiger partial charge >= 0.3 is 5.97 Å². The Morgan fingerprint density at radius 1 is 1.37 bits per heavy atom. The monoisotopic (exact) mass is 265 g/mol. The van der Waals surface area contributed by atoms with E-state index in [1.54, 1.807) is 31.2 Å². The molecule has 0 heterocycles. The molecule has 1 rings (SSSR count). The molecule has 0 N–H and O–H groups in total. The lowest BCUT2D eigenvalue weighted by molar-refractivity contribution is -0.422. The molecule has 0 bridgehead atoms. The lowest BCUT2D eigenvalue weighted by atomic mass is 10.2. The van der Waals surface area contributed by atoms with Gasteiger partial charge in [0.1, 0.15) is 5.75 Å². The highest BCUT2D eigenvalue weighted by Gasteiger charge is 2.04. The van der Waals surface area contributed by atoms with Crippen molar-refractivity contribution in [2.24, 2.45) is 0 Å². The van der Waals surface area contributed by atoms with Gasteiger partial charge in [-0.25, -0.2) is 4.79 Å². The third-order valence-electron chi connectivity index (χ3n) is 2.21.